The molecule has 0 N–H and O–H groups in total. The highest BCUT2D eigenvalue weighted by Gasteiger charge is 2.07. The Morgan fingerprint density at radius 1 is 1.50 bits per heavy atom. The van der Waals surface area contributed by atoms with Crippen molar-refractivity contribution in [1.29, 1.82) is 0 Å². The van der Waals surface area contributed by atoms with Gasteiger partial charge in [0.25, 0.3) is 0 Å². The Morgan fingerprint density at radius 2 is 2.19 bits per heavy atom. The van der Waals surface area contributed by atoms with Crippen LogP contribution in [0, 0.1) is 13.8 Å². The summed E-state index contributed by atoms with van der Waals surface area (Å²) < 4.78 is 5.64. The summed E-state index contributed by atoms with van der Waals surface area (Å²) >= 11 is 0. The van der Waals surface area contributed by atoms with E-state index in [0.717, 1.165) is 4.73 Å². The first kappa shape index (κ1) is 12.2. The third kappa shape index (κ3) is 3.08. The Kier molecular flexibility index (Phi) is 4.04. The lowest BCUT2D eigenvalue weighted by atomic mass is 10.4. The number of rotatable bonds is 4. The van der Waals surface area contributed by atoms with Gasteiger partial charge in [0, 0.05) is 5.69 Å². The van der Waals surface area contributed by atoms with Crippen molar-refractivity contribution in [2.24, 2.45) is 0 Å². The van der Waals surface area contributed by atoms with Crippen LogP contribution in [-0.4, -0.2) is 28.9 Å². The first-order valence-corrected chi connectivity index (χ1v) is 4.90. The van der Waals surface area contributed by atoms with E-state index in [2.05, 4.69) is 9.72 Å². The van der Waals surface area contributed by atoms with Gasteiger partial charge in [-0.15, -0.1) is 4.73 Å². The molecule has 0 aliphatic rings. The van der Waals surface area contributed by atoms with Gasteiger partial charge in [0.05, 0.1) is 12.3 Å². The molecule has 6 nitrogen and oxygen atoms in total. The molecular formula is C10H14N2O4. The molecule has 0 aromatic carbocycles. The predicted octanol–water partition coefficient (Wildman–Crippen LogP) is -0.148. The van der Waals surface area contributed by atoms with Gasteiger partial charge in [-0.3, -0.25) is 0 Å². The molecule has 1 rings (SSSR count). The van der Waals surface area contributed by atoms with E-state index < -0.39 is 11.7 Å². The Bertz CT molecular complexity index is 439. The number of carbonyl (C=O) groups is 1. The summed E-state index contributed by atoms with van der Waals surface area (Å²) in [5.74, 6) is -0.519. The molecule has 0 unspecified atom stereocenters. The third-order valence-corrected chi connectivity index (χ3v) is 1.80. The zero-order chi connectivity index (χ0) is 12.1. The molecule has 6 heteroatoms. The number of aryl methyl sites for hydroxylation is 2. The molecule has 1 heterocycles. The summed E-state index contributed by atoms with van der Waals surface area (Å²) in [6.45, 7) is 5.08. The fraction of sp³-hybridized carbons (Fsp3) is 0.500. The number of esters is 1. The zero-order valence-corrected chi connectivity index (χ0v) is 9.52. The van der Waals surface area contributed by atoms with Crippen molar-refractivity contribution in [3.63, 3.8) is 0 Å². The highest BCUT2D eigenvalue weighted by Crippen LogP contribution is 1.94. The Hall–Kier alpha value is -1.85. The van der Waals surface area contributed by atoms with Crippen LogP contribution >= 0.6 is 0 Å². The van der Waals surface area contributed by atoms with Crippen molar-refractivity contribution >= 4 is 5.97 Å². The first-order valence-electron chi connectivity index (χ1n) is 4.90. The first-order chi connectivity index (χ1) is 7.54. The fourth-order valence-corrected chi connectivity index (χ4v) is 1.22. The lowest BCUT2D eigenvalue weighted by molar-refractivity contribution is -0.148. The van der Waals surface area contributed by atoms with Crippen LogP contribution in [0.3, 0.4) is 0 Å². The molecule has 0 fully saturated rings. The molecule has 0 aliphatic heterocycles. The summed E-state index contributed by atoms with van der Waals surface area (Å²) in [6.07, 6.45) is 0. The number of ether oxygens (including phenoxy) is 1. The number of carbonyl (C=O) groups excluding carboxylic acids is 1. The van der Waals surface area contributed by atoms with E-state index in [0.29, 0.717) is 11.4 Å². The molecule has 0 aliphatic carbocycles. The van der Waals surface area contributed by atoms with Crippen LogP contribution in [0.25, 0.3) is 0 Å². The molecule has 16 heavy (non-hydrogen) atoms. The van der Waals surface area contributed by atoms with E-state index in [1.807, 2.05) is 0 Å². The monoisotopic (exact) mass is 226 g/mol. The summed E-state index contributed by atoms with van der Waals surface area (Å²) in [5, 5.41) is 0. The van der Waals surface area contributed by atoms with E-state index >= 15 is 0 Å². The zero-order valence-electron chi connectivity index (χ0n) is 9.52. The van der Waals surface area contributed by atoms with Crippen LogP contribution in [0.2, 0.25) is 0 Å². The maximum absolute atomic E-state index is 11.4. The minimum absolute atomic E-state index is 0.280. The molecule has 88 valence electrons. The van der Waals surface area contributed by atoms with Gasteiger partial charge in [-0.1, -0.05) is 0 Å². The second-order valence-corrected chi connectivity index (χ2v) is 3.19. The maximum Gasteiger partial charge on any atom is 0.380 e. The molecule has 0 bridgehead atoms. The van der Waals surface area contributed by atoms with E-state index in [-0.39, 0.29) is 13.2 Å². The van der Waals surface area contributed by atoms with Crippen LogP contribution in [0.1, 0.15) is 18.3 Å². The van der Waals surface area contributed by atoms with Crippen molar-refractivity contribution in [2.75, 3.05) is 13.2 Å². The summed E-state index contributed by atoms with van der Waals surface area (Å²) in [6, 6.07) is 1.69. The van der Waals surface area contributed by atoms with Crippen molar-refractivity contribution < 1.29 is 14.4 Å². The molecule has 0 saturated heterocycles. The van der Waals surface area contributed by atoms with E-state index in [9.17, 15) is 9.59 Å². The number of aromatic nitrogens is 2. The molecule has 0 amide bonds. The summed E-state index contributed by atoms with van der Waals surface area (Å²) in [7, 11) is 0. The van der Waals surface area contributed by atoms with Gasteiger partial charge in [0.15, 0.2) is 0 Å². The predicted molar refractivity (Wildman–Crippen MR) is 56.1 cm³/mol. The van der Waals surface area contributed by atoms with Gasteiger partial charge in [-0.05, 0) is 26.8 Å². The highest BCUT2D eigenvalue weighted by molar-refractivity contribution is 5.70. The second kappa shape index (κ2) is 5.29. The second-order valence-electron chi connectivity index (χ2n) is 3.19. The van der Waals surface area contributed by atoms with E-state index in [4.69, 9.17) is 4.84 Å². The molecule has 0 radical (unpaired) electrons. The quantitative estimate of drug-likeness (QED) is 0.668. The molecular weight excluding hydrogens is 212 g/mol. The standard InChI is InChI=1S/C10H14N2O4/c1-4-15-9(13)6-16-12-8(3)5-7(2)11-10(12)14/h5H,4,6H2,1-3H3. The van der Waals surface area contributed by atoms with Crippen LogP contribution in [0.15, 0.2) is 10.9 Å². The third-order valence-electron chi connectivity index (χ3n) is 1.80. The van der Waals surface area contributed by atoms with Crippen LogP contribution in [0.5, 0.6) is 0 Å². The molecule has 0 saturated carbocycles. The molecule has 0 atom stereocenters. The topological polar surface area (TPSA) is 70.4 Å². The summed E-state index contributed by atoms with van der Waals surface area (Å²) in [4.78, 5) is 31.1. The fourth-order valence-electron chi connectivity index (χ4n) is 1.22. The smallest absolute Gasteiger partial charge is 0.380 e. The number of hydrogen-bond donors (Lipinski definition) is 0. The maximum atomic E-state index is 11.4. The largest absolute Gasteiger partial charge is 0.463 e. The Morgan fingerprint density at radius 3 is 2.75 bits per heavy atom. The number of hydrogen-bond acceptors (Lipinski definition) is 5. The molecule has 1 aromatic rings. The van der Waals surface area contributed by atoms with Crippen molar-refractivity contribution in [3.05, 3.63) is 27.9 Å². The van der Waals surface area contributed by atoms with Crippen LogP contribution in [0.4, 0.5) is 0 Å². The number of nitrogens with zero attached hydrogens (tertiary/aromatic N) is 2. The Labute approximate surface area is 92.8 Å². The lowest BCUT2D eigenvalue weighted by Gasteiger charge is -2.10. The minimum Gasteiger partial charge on any atom is -0.463 e. The average Bonchev–Trinajstić information content (AvgIpc) is 2.16. The molecule has 1 aromatic heterocycles. The van der Waals surface area contributed by atoms with Crippen molar-refractivity contribution in [1.82, 2.24) is 9.71 Å². The SMILES string of the molecule is CCOC(=O)COn1c(C)cc(C)nc1=O. The summed E-state index contributed by atoms with van der Waals surface area (Å²) in [5.41, 5.74) is 0.655. The highest BCUT2D eigenvalue weighted by atomic mass is 16.7. The van der Waals surface area contributed by atoms with Gasteiger partial charge < -0.3 is 9.57 Å². The van der Waals surface area contributed by atoms with E-state index in [1.165, 1.54) is 0 Å². The van der Waals surface area contributed by atoms with Crippen molar-refractivity contribution in [2.45, 2.75) is 20.8 Å². The normalized spacial score (nSPS) is 9.94. The van der Waals surface area contributed by atoms with E-state index in [1.54, 1.807) is 26.8 Å². The van der Waals surface area contributed by atoms with Crippen LogP contribution < -0.4 is 10.5 Å². The van der Waals surface area contributed by atoms with Gasteiger partial charge in [0.2, 0.25) is 6.61 Å². The van der Waals surface area contributed by atoms with Gasteiger partial charge in [0.1, 0.15) is 0 Å². The van der Waals surface area contributed by atoms with Gasteiger partial charge in [-0.25, -0.2) is 9.59 Å². The van der Waals surface area contributed by atoms with Crippen LogP contribution in [-0.2, 0) is 9.53 Å². The van der Waals surface area contributed by atoms with Crippen molar-refractivity contribution in [3.8, 4) is 0 Å². The Balaban J connectivity index is 2.75. The van der Waals surface area contributed by atoms with Gasteiger partial charge in [-0.2, -0.15) is 4.98 Å². The lowest BCUT2D eigenvalue weighted by Crippen LogP contribution is -2.34. The average molecular weight is 226 g/mol. The van der Waals surface area contributed by atoms with Gasteiger partial charge >= 0.3 is 11.7 Å². The minimum atomic E-state index is -0.540. The molecule has 0 spiro atoms.